The molecule has 11 heteroatoms. The third-order valence-corrected chi connectivity index (χ3v) is 5.05. The highest BCUT2D eigenvalue weighted by atomic mass is 32.1. The van der Waals surface area contributed by atoms with E-state index in [1.54, 1.807) is 4.90 Å². The van der Waals surface area contributed by atoms with Gasteiger partial charge in [0.1, 0.15) is 0 Å². The van der Waals surface area contributed by atoms with Crippen LogP contribution in [0.2, 0.25) is 0 Å². The molecule has 0 aliphatic carbocycles. The van der Waals surface area contributed by atoms with Crippen LogP contribution in [0, 0.1) is 0 Å². The Balaban J connectivity index is 2.20. The van der Waals surface area contributed by atoms with E-state index in [0.717, 1.165) is 17.8 Å². The number of ketones is 1. The van der Waals surface area contributed by atoms with Crippen LogP contribution in [-0.2, 0) is 4.79 Å². The van der Waals surface area contributed by atoms with Gasteiger partial charge in [-0.15, -0.1) is 11.3 Å². The number of carboxylic acids is 1. The molecule has 1 fully saturated rings. The lowest BCUT2D eigenvalue weighted by Crippen LogP contribution is -2.49. The van der Waals surface area contributed by atoms with Crippen LogP contribution in [0.4, 0.5) is 0 Å². The van der Waals surface area contributed by atoms with E-state index >= 15 is 0 Å². The van der Waals surface area contributed by atoms with E-state index < -0.39 is 24.0 Å². The number of aromatic carboxylic acids is 1. The fraction of sp³-hybridized carbons (Fsp3) is 0.533. The van der Waals surface area contributed by atoms with Gasteiger partial charge < -0.3 is 22.3 Å². The standard InChI is InChI=1S/C15H22N6O4S/c16-12(23)10-4-2-6-21(10)9(3-1-5-19-15(17)18)11(22)13-20-8(7-26-13)14(24)25/h7,9-10H,1-6H2,(H2,16,23)(H,24,25)(H4,17,18,19)/t9-,10-/m0/s1. The zero-order valence-electron chi connectivity index (χ0n) is 14.1. The lowest BCUT2D eigenvalue weighted by molar-refractivity contribution is -0.122. The molecule has 2 rings (SSSR count). The SMILES string of the molecule is NC(=O)[C@@H]1CCCN1[C@@H](CCCN=C(N)N)C(=O)c1nc(C(=O)O)cs1. The molecule has 26 heavy (non-hydrogen) atoms. The second-order valence-electron chi connectivity index (χ2n) is 5.97. The molecule has 0 radical (unpaired) electrons. The summed E-state index contributed by atoms with van der Waals surface area (Å²) in [4.78, 5) is 45.2. The van der Waals surface area contributed by atoms with E-state index in [-0.39, 0.29) is 22.4 Å². The number of primary amides is 1. The zero-order valence-corrected chi connectivity index (χ0v) is 14.9. The molecule has 142 valence electrons. The Morgan fingerprint density at radius 3 is 2.69 bits per heavy atom. The summed E-state index contributed by atoms with van der Waals surface area (Å²) < 4.78 is 0. The normalized spacial score (nSPS) is 18.4. The largest absolute Gasteiger partial charge is 0.476 e. The van der Waals surface area contributed by atoms with Crippen molar-refractivity contribution in [2.24, 2.45) is 22.2 Å². The summed E-state index contributed by atoms with van der Waals surface area (Å²) in [7, 11) is 0. The van der Waals surface area contributed by atoms with Crippen molar-refractivity contribution in [3.8, 4) is 0 Å². The van der Waals surface area contributed by atoms with Gasteiger partial charge in [-0.05, 0) is 32.2 Å². The number of nitrogens with two attached hydrogens (primary N) is 3. The fourth-order valence-electron chi connectivity index (χ4n) is 3.04. The van der Waals surface area contributed by atoms with Gasteiger partial charge in [-0.2, -0.15) is 0 Å². The minimum absolute atomic E-state index is 0.0323. The minimum atomic E-state index is -1.19. The van der Waals surface area contributed by atoms with Crippen LogP contribution in [-0.4, -0.2) is 63.8 Å². The molecule has 2 atom stereocenters. The number of aromatic nitrogens is 1. The molecule has 1 aromatic heterocycles. The number of carbonyl (C=O) groups excluding carboxylic acids is 2. The van der Waals surface area contributed by atoms with Crippen molar-refractivity contribution in [2.75, 3.05) is 13.1 Å². The molecule has 1 amide bonds. The lowest BCUT2D eigenvalue weighted by atomic mass is 10.0. The average Bonchev–Trinajstić information content (AvgIpc) is 3.23. The van der Waals surface area contributed by atoms with Gasteiger partial charge >= 0.3 is 5.97 Å². The zero-order chi connectivity index (χ0) is 19.3. The second kappa shape index (κ2) is 8.72. The topological polar surface area (TPSA) is 178 Å². The first-order valence-corrected chi connectivity index (χ1v) is 9.02. The Bertz CT molecular complexity index is 715. The minimum Gasteiger partial charge on any atom is -0.476 e. The molecule has 0 bridgehead atoms. The summed E-state index contributed by atoms with van der Waals surface area (Å²) in [5, 5.41) is 10.4. The molecule has 0 spiro atoms. The second-order valence-corrected chi connectivity index (χ2v) is 6.83. The van der Waals surface area contributed by atoms with Crippen LogP contribution in [0.25, 0.3) is 0 Å². The van der Waals surface area contributed by atoms with E-state index in [9.17, 15) is 14.4 Å². The lowest BCUT2D eigenvalue weighted by Gasteiger charge is -2.30. The van der Waals surface area contributed by atoms with Crippen molar-refractivity contribution in [1.29, 1.82) is 0 Å². The number of carbonyl (C=O) groups is 3. The summed E-state index contributed by atoms with van der Waals surface area (Å²) >= 11 is 0.975. The molecule has 7 N–H and O–H groups in total. The number of likely N-dealkylation sites (tertiary alicyclic amines) is 1. The molecule has 10 nitrogen and oxygen atoms in total. The number of guanidine groups is 1. The van der Waals surface area contributed by atoms with Gasteiger partial charge in [0.2, 0.25) is 11.7 Å². The summed E-state index contributed by atoms with van der Waals surface area (Å²) in [6.45, 7) is 0.906. The van der Waals surface area contributed by atoms with Crippen LogP contribution in [0.3, 0.4) is 0 Å². The van der Waals surface area contributed by atoms with Gasteiger partial charge in [0.25, 0.3) is 0 Å². The monoisotopic (exact) mass is 382 g/mol. The molecule has 0 aromatic carbocycles. The highest BCUT2D eigenvalue weighted by Gasteiger charge is 2.38. The molecular formula is C15H22N6O4S. The third-order valence-electron chi connectivity index (χ3n) is 4.19. The Morgan fingerprint density at radius 2 is 2.12 bits per heavy atom. The summed E-state index contributed by atoms with van der Waals surface area (Å²) in [6.07, 6.45) is 2.27. The smallest absolute Gasteiger partial charge is 0.355 e. The number of hydrogen-bond donors (Lipinski definition) is 4. The molecule has 0 saturated carbocycles. The molecule has 1 saturated heterocycles. The van der Waals surface area contributed by atoms with Crippen molar-refractivity contribution in [2.45, 2.75) is 37.8 Å². The molecular weight excluding hydrogens is 360 g/mol. The van der Waals surface area contributed by atoms with Crippen molar-refractivity contribution < 1.29 is 19.5 Å². The number of amides is 1. The van der Waals surface area contributed by atoms with Crippen LogP contribution < -0.4 is 17.2 Å². The summed E-state index contributed by atoms with van der Waals surface area (Å²) in [5.41, 5.74) is 15.9. The number of hydrogen-bond acceptors (Lipinski definition) is 7. The van der Waals surface area contributed by atoms with Crippen LogP contribution in [0.15, 0.2) is 10.4 Å². The van der Waals surface area contributed by atoms with Crippen molar-refractivity contribution in [1.82, 2.24) is 9.88 Å². The summed E-state index contributed by atoms with van der Waals surface area (Å²) in [6, 6.07) is -1.15. The molecule has 1 aliphatic heterocycles. The fourth-order valence-corrected chi connectivity index (χ4v) is 3.82. The summed E-state index contributed by atoms with van der Waals surface area (Å²) in [5.74, 6) is -2.02. The molecule has 2 heterocycles. The number of nitrogens with zero attached hydrogens (tertiary/aromatic N) is 3. The van der Waals surface area contributed by atoms with Crippen molar-refractivity contribution in [3.63, 3.8) is 0 Å². The Hall–Kier alpha value is -2.53. The molecule has 0 unspecified atom stereocenters. The number of aliphatic imine (C=N–C) groups is 1. The van der Waals surface area contributed by atoms with Gasteiger partial charge in [0.05, 0.1) is 12.1 Å². The maximum absolute atomic E-state index is 12.9. The van der Waals surface area contributed by atoms with Crippen molar-refractivity contribution >= 4 is 35.0 Å². The van der Waals surface area contributed by atoms with E-state index in [1.165, 1.54) is 5.38 Å². The third kappa shape index (κ3) is 4.76. The number of carboxylic acid groups (broad SMARTS) is 1. The first-order valence-electron chi connectivity index (χ1n) is 8.14. The number of thiazole rings is 1. The first-order chi connectivity index (χ1) is 12.3. The van der Waals surface area contributed by atoms with E-state index in [0.29, 0.717) is 32.4 Å². The first kappa shape index (κ1) is 19.8. The van der Waals surface area contributed by atoms with Gasteiger partial charge in [-0.1, -0.05) is 0 Å². The molecule has 1 aromatic rings. The van der Waals surface area contributed by atoms with Gasteiger partial charge in [-0.3, -0.25) is 19.5 Å². The van der Waals surface area contributed by atoms with Crippen LogP contribution in [0.1, 0.15) is 46.0 Å². The van der Waals surface area contributed by atoms with E-state index in [2.05, 4.69) is 9.98 Å². The highest BCUT2D eigenvalue weighted by Crippen LogP contribution is 2.26. The average molecular weight is 382 g/mol. The van der Waals surface area contributed by atoms with E-state index in [1.807, 2.05) is 0 Å². The maximum atomic E-state index is 12.9. The van der Waals surface area contributed by atoms with Gasteiger partial charge in [-0.25, -0.2) is 9.78 Å². The Kier molecular flexibility index (Phi) is 6.64. The van der Waals surface area contributed by atoms with Gasteiger partial charge in [0, 0.05) is 11.9 Å². The number of rotatable bonds is 9. The highest BCUT2D eigenvalue weighted by molar-refractivity contribution is 7.12. The molecule has 1 aliphatic rings. The number of Topliss-reactive ketones (excluding diaryl/α,β-unsaturated/α-hetero) is 1. The van der Waals surface area contributed by atoms with Gasteiger partial charge in [0.15, 0.2) is 16.7 Å². The van der Waals surface area contributed by atoms with Crippen LogP contribution in [0.5, 0.6) is 0 Å². The quantitative estimate of drug-likeness (QED) is 0.189. The predicted octanol–water partition coefficient (Wildman–Crippen LogP) is -0.604. The Labute approximate surface area is 154 Å². The van der Waals surface area contributed by atoms with E-state index in [4.69, 9.17) is 22.3 Å². The van der Waals surface area contributed by atoms with Crippen LogP contribution >= 0.6 is 11.3 Å². The Morgan fingerprint density at radius 1 is 1.38 bits per heavy atom. The van der Waals surface area contributed by atoms with Crippen molar-refractivity contribution in [3.05, 3.63) is 16.1 Å². The maximum Gasteiger partial charge on any atom is 0.355 e. The predicted molar refractivity (Wildman–Crippen MR) is 96.0 cm³/mol.